The Labute approximate surface area is 151 Å². The molecule has 1 atom stereocenters. The fourth-order valence-corrected chi connectivity index (χ4v) is 2.69. The minimum Gasteiger partial charge on any atom is -0.494 e. The van der Waals surface area contributed by atoms with Crippen molar-refractivity contribution in [2.75, 3.05) is 19.9 Å². The average molecular weight is 360 g/mol. The van der Waals surface area contributed by atoms with Crippen LogP contribution in [0.15, 0.2) is 47.1 Å². The maximum Gasteiger partial charge on any atom is 0.338 e. The van der Waals surface area contributed by atoms with Gasteiger partial charge in [0.2, 0.25) is 5.88 Å². The number of halogens is 1. The molecule has 138 valence electrons. The normalized spacial score (nSPS) is 16.8. The standard InChI is InChI=1S/C19H21FN2O4/c1-3-24-19(23)16-12(2)26-18(22)15(11-21)17(16)13-5-7-14(8-6-13)25-10-4-9-20/h5-8,17H,3-4,9-10,22H2,1-2H3. The summed E-state index contributed by atoms with van der Waals surface area (Å²) in [5, 5.41) is 9.50. The first kappa shape index (κ1) is 19.3. The van der Waals surface area contributed by atoms with Gasteiger partial charge in [-0.2, -0.15) is 5.26 Å². The van der Waals surface area contributed by atoms with Crippen molar-refractivity contribution in [3.63, 3.8) is 0 Å². The molecule has 2 N–H and O–H groups in total. The van der Waals surface area contributed by atoms with Crippen molar-refractivity contribution < 1.29 is 23.4 Å². The zero-order chi connectivity index (χ0) is 19.1. The number of benzene rings is 1. The number of hydrogen-bond acceptors (Lipinski definition) is 6. The number of alkyl halides is 1. The summed E-state index contributed by atoms with van der Waals surface area (Å²) in [5.74, 6) is -0.408. The van der Waals surface area contributed by atoms with E-state index in [2.05, 4.69) is 0 Å². The van der Waals surface area contributed by atoms with Gasteiger partial charge in [0.1, 0.15) is 23.2 Å². The summed E-state index contributed by atoms with van der Waals surface area (Å²) < 4.78 is 28.1. The van der Waals surface area contributed by atoms with Gasteiger partial charge in [-0.05, 0) is 31.5 Å². The Hall–Kier alpha value is -3.01. The number of nitriles is 1. The summed E-state index contributed by atoms with van der Waals surface area (Å²) in [6.07, 6.45) is 0.314. The third-order valence-electron chi connectivity index (χ3n) is 3.86. The predicted molar refractivity (Wildman–Crippen MR) is 92.5 cm³/mol. The number of ether oxygens (including phenoxy) is 3. The summed E-state index contributed by atoms with van der Waals surface area (Å²) in [7, 11) is 0. The van der Waals surface area contributed by atoms with Crippen LogP contribution in [0.2, 0.25) is 0 Å². The highest BCUT2D eigenvalue weighted by Gasteiger charge is 2.36. The molecule has 1 aromatic carbocycles. The van der Waals surface area contributed by atoms with Gasteiger partial charge in [-0.15, -0.1) is 0 Å². The van der Waals surface area contributed by atoms with E-state index in [0.29, 0.717) is 23.5 Å². The Kier molecular flexibility index (Phi) is 6.61. The SMILES string of the molecule is CCOC(=O)C1=C(C)OC(N)=C(C#N)C1c1ccc(OCCCF)cc1. The lowest BCUT2D eigenvalue weighted by Gasteiger charge is -2.26. The van der Waals surface area contributed by atoms with E-state index in [0.717, 1.165) is 0 Å². The number of hydrogen-bond donors (Lipinski definition) is 1. The minimum absolute atomic E-state index is 0.0358. The van der Waals surface area contributed by atoms with Crippen LogP contribution in [0.4, 0.5) is 4.39 Å². The van der Waals surface area contributed by atoms with E-state index in [9.17, 15) is 14.4 Å². The zero-order valence-corrected chi connectivity index (χ0v) is 14.8. The van der Waals surface area contributed by atoms with Crippen molar-refractivity contribution in [1.82, 2.24) is 0 Å². The van der Waals surface area contributed by atoms with Gasteiger partial charge in [0.15, 0.2) is 0 Å². The third kappa shape index (κ3) is 4.14. The van der Waals surface area contributed by atoms with E-state index in [-0.39, 0.29) is 30.2 Å². The number of nitrogens with two attached hydrogens (primary N) is 1. The highest BCUT2D eigenvalue weighted by molar-refractivity contribution is 5.92. The Bertz CT molecular complexity index is 763. The van der Waals surface area contributed by atoms with Crippen LogP contribution >= 0.6 is 0 Å². The van der Waals surface area contributed by atoms with E-state index >= 15 is 0 Å². The summed E-state index contributed by atoms with van der Waals surface area (Å²) >= 11 is 0. The van der Waals surface area contributed by atoms with Gasteiger partial charge in [-0.25, -0.2) is 4.79 Å². The van der Waals surface area contributed by atoms with E-state index in [1.54, 1.807) is 38.1 Å². The molecule has 0 saturated heterocycles. The number of carbonyl (C=O) groups is 1. The molecule has 7 heteroatoms. The highest BCUT2D eigenvalue weighted by atomic mass is 19.1. The molecule has 0 aromatic heterocycles. The molecule has 1 aliphatic rings. The smallest absolute Gasteiger partial charge is 0.338 e. The molecule has 0 bridgehead atoms. The van der Waals surface area contributed by atoms with Crippen molar-refractivity contribution in [3.05, 3.63) is 52.6 Å². The van der Waals surface area contributed by atoms with Crippen LogP contribution in [0.25, 0.3) is 0 Å². The van der Waals surface area contributed by atoms with Gasteiger partial charge < -0.3 is 19.9 Å². The Morgan fingerprint density at radius 2 is 2.08 bits per heavy atom. The van der Waals surface area contributed by atoms with E-state index in [1.165, 1.54) is 0 Å². The molecule has 1 heterocycles. The second-order valence-corrected chi connectivity index (χ2v) is 5.58. The van der Waals surface area contributed by atoms with Crippen LogP contribution in [0.5, 0.6) is 5.75 Å². The predicted octanol–water partition coefficient (Wildman–Crippen LogP) is 3.07. The zero-order valence-electron chi connectivity index (χ0n) is 14.8. The first-order valence-corrected chi connectivity index (χ1v) is 8.27. The number of allylic oxidation sites excluding steroid dienone is 2. The lowest BCUT2D eigenvalue weighted by atomic mass is 9.83. The van der Waals surface area contributed by atoms with Gasteiger partial charge in [0, 0.05) is 6.42 Å². The first-order valence-electron chi connectivity index (χ1n) is 8.27. The highest BCUT2D eigenvalue weighted by Crippen LogP contribution is 2.39. The molecule has 2 rings (SSSR count). The number of nitrogens with zero attached hydrogens (tertiary/aromatic N) is 1. The van der Waals surface area contributed by atoms with Gasteiger partial charge in [-0.3, -0.25) is 4.39 Å². The van der Waals surface area contributed by atoms with Crippen molar-refractivity contribution in [3.8, 4) is 11.8 Å². The lowest BCUT2D eigenvalue weighted by molar-refractivity contribution is -0.139. The molecule has 0 aliphatic carbocycles. The van der Waals surface area contributed by atoms with E-state index in [1.807, 2.05) is 6.07 Å². The fourth-order valence-electron chi connectivity index (χ4n) is 2.69. The lowest BCUT2D eigenvalue weighted by Crippen LogP contribution is -2.25. The molecular formula is C19H21FN2O4. The van der Waals surface area contributed by atoms with Gasteiger partial charge >= 0.3 is 5.97 Å². The van der Waals surface area contributed by atoms with Crippen LogP contribution in [-0.4, -0.2) is 25.9 Å². The van der Waals surface area contributed by atoms with Gasteiger partial charge in [-0.1, -0.05) is 12.1 Å². The minimum atomic E-state index is -0.687. The molecule has 0 spiro atoms. The maximum atomic E-state index is 12.4. The second-order valence-electron chi connectivity index (χ2n) is 5.58. The van der Waals surface area contributed by atoms with Gasteiger partial charge in [0.05, 0.1) is 31.4 Å². The van der Waals surface area contributed by atoms with E-state index < -0.39 is 18.6 Å². The molecule has 0 radical (unpaired) electrons. The number of rotatable bonds is 7. The summed E-state index contributed by atoms with van der Waals surface area (Å²) in [4.78, 5) is 12.4. The van der Waals surface area contributed by atoms with Crippen molar-refractivity contribution in [1.29, 1.82) is 5.26 Å². The van der Waals surface area contributed by atoms with Crippen LogP contribution < -0.4 is 10.5 Å². The number of carbonyl (C=O) groups excluding carboxylic acids is 1. The molecule has 1 unspecified atom stereocenters. The summed E-state index contributed by atoms with van der Waals surface area (Å²) in [6, 6.07) is 8.89. The first-order chi connectivity index (χ1) is 12.5. The average Bonchev–Trinajstić information content (AvgIpc) is 2.62. The summed E-state index contributed by atoms with van der Waals surface area (Å²) in [5.41, 5.74) is 6.90. The Balaban J connectivity index is 2.38. The monoisotopic (exact) mass is 360 g/mol. The van der Waals surface area contributed by atoms with Crippen LogP contribution in [0.3, 0.4) is 0 Å². The van der Waals surface area contributed by atoms with Crippen LogP contribution in [-0.2, 0) is 14.3 Å². The van der Waals surface area contributed by atoms with E-state index in [4.69, 9.17) is 19.9 Å². The number of esters is 1. The molecule has 0 amide bonds. The molecule has 0 fully saturated rings. The second kappa shape index (κ2) is 8.90. The molecular weight excluding hydrogens is 339 g/mol. The molecule has 1 aromatic rings. The van der Waals surface area contributed by atoms with Crippen LogP contribution in [0, 0.1) is 11.3 Å². The molecule has 0 saturated carbocycles. The Morgan fingerprint density at radius 3 is 2.65 bits per heavy atom. The van der Waals surface area contributed by atoms with Crippen molar-refractivity contribution >= 4 is 5.97 Å². The van der Waals surface area contributed by atoms with Crippen molar-refractivity contribution in [2.45, 2.75) is 26.2 Å². The fraction of sp³-hybridized carbons (Fsp3) is 0.368. The Morgan fingerprint density at radius 1 is 1.38 bits per heavy atom. The molecule has 26 heavy (non-hydrogen) atoms. The molecule has 1 aliphatic heterocycles. The van der Waals surface area contributed by atoms with Crippen molar-refractivity contribution in [2.24, 2.45) is 5.73 Å². The largest absolute Gasteiger partial charge is 0.494 e. The summed E-state index contributed by atoms with van der Waals surface area (Å²) in [6.45, 7) is 3.34. The maximum absolute atomic E-state index is 12.4. The van der Waals surface area contributed by atoms with Crippen LogP contribution in [0.1, 0.15) is 31.7 Å². The topological polar surface area (TPSA) is 94.6 Å². The van der Waals surface area contributed by atoms with Gasteiger partial charge in [0.25, 0.3) is 0 Å². The third-order valence-corrected chi connectivity index (χ3v) is 3.86. The quantitative estimate of drug-likeness (QED) is 0.593. The molecule has 6 nitrogen and oxygen atoms in total.